The van der Waals surface area contributed by atoms with Crippen molar-refractivity contribution in [2.75, 3.05) is 0 Å². The number of halogens is 6. The second-order valence-electron chi connectivity index (χ2n) is 2.83. The van der Waals surface area contributed by atoms with E-state index in [0.717, 1.165) is 0 Å². The molecule has 0 saturated carbocycles. The van der Waals surface area contributed by atoms with Crippen LogP contribution in [0, 0.1) is 0 Å². The molecule has 1 N–H and O–H groups in total. The van der Waals surface area contributed by atoms with Crippen LogP contribution in [0.1, 0.15) is 23.2 Å². The molecular formula is C8H5BrF5NO. The first-order valence-corrected chi connectivity index (χ1v) is 4.72. The molecule has 2 nitrogen and oxygen atoms in total. The third-order valence-electron chi connectivity index (χ3n) is 1.77. The average Bonchev–Trinajstić information content (AvgIpc) is 2.15. The van der Waals surface area contributed by atoms with Gasteiger partial charge in [0.15, 0.2) is 0 Å². The quantitative estimate of drug-likeness (QED) is 0.672. The highest BCUT2D eigenvalue weighted by Gasteiger charge is 2.35. The molecule has 0 amide bonds. The van der Waals surface area contributed by atoms with Crippen molar-refractivity contribution in [1.82, 2.24) is 4.98 Å². The van der Waals surface area contributed by atoms with E-state index in [1.807, 2.05) is 0 Å². The van der Waals surface area contributed by atoms with E-state index < -0.39 is 40.6 Å². The molecule has 1 rings (SSSR count). The predicted molar refractivity (Wildman–Crippen MR) is 47.8 cm³/mol. The molecule has 0 radical (unpaired) electrons. The second kappa shape index (κ2) is 4.62. The molecule has 16 heavy (non-hydrogen) atoms. The van der Waals surface area contributed by atoms with E-state index in [0.29, 0.717) is 6.07 Å². The van der Waals surface area contributed by atoms with Crippen LogP contribution >= 0.6 is 15.9 Å². The summed E-state index contributed by atoms with van der Waals surface area (Å²) in [6.07, 6.45) is -7.75. The van der Waals surface area contributed by atoms with Crippen LogP contribution in [0.15, 0.2) is 10.7 Å². The van der Waals surface area contributed by atoms with Crippen LogP contribution in [0.5, 0.6) is 0 Å². The summed E-state index contributed by atoms with van der Waals surface area (Å²) in [7, 11) is 0. The van der Waals surface area contributed by atoms with Crippen molar-refractivity contribution in [3.05, 3.63) is 27.5 Å². The fourth-order valence-corrected chi connectivity index (χ4v) is 1.59. The molecule has 1 heterocycles. The number of alkyl halides is 5. The van der Waals surface area contributed by atoms with Gasteiger partial charge < -0.3 is 5.11 Å². The van der Waals surface area contributed by atoms with Crippen LogP contribution in [0.2, 0.25) is 0 Å². The standard InChI is InChI=1S/C8H5BrF5NO/c9-6-4(8(12,13)14)1-3(2-16)5(15-6)7(10)11/h1,7,16H,2H2. The number of hydrogen-bond donors (Lipinski definition) is 1. The lowest BCUT2D eigenvalue weighted by Gasteiger charge is -2.12. The van der Waals surface area contributed by atoms with Crippen LogP contribution in [-0.4, -0.2) is 10.1 Å². The summed E-state index contributed by atoms with van der Waals surface area (Å²) in [6.45, 7) is -0.928. The Morgan fingerprint density at radius 2 is 1.94 bits per heavy atom. The van der Waals surface area contributed by atoms with Gasteiger partial charge in [-0.25, -0.2) is 13.8 Å². The summed E-state index contributed by atoms with van der Waals surface area (Å²) in [4.78, 5) is 3.10. The first kappa shape index (κ1) is 13.3. The van der Waals surface area contributed by atoms with Gasteiger partial charge >= 0.3 is 6.18 Å². The van der Waals surface area contributed by atoms with Gasteiger partial charge in [-0.15, -0.1) is 0 Å². The Labute approximate surface area is 95.2 Å². The molecule has 0 unspecified atom stereocenters. The summed E-state index contributed by atoms with van der Waals surface area (Å²) in [6, 6.07) is 0.457. The molecule has 0 aliphatic carbocycles. The van der Waals surface area contributed by atoms with E-state index in [1.54, 1.807) is 0 Å². The van der Waals surface area contributed by atoms with Crippen LogP contribution < -0.4 is 0 Å². The Morgan fingerprint density at radius 3 is 2.31 bits per heavy atom. The smallest absolute Gasteiger partial charge is 0.392 e. The number of hydrogen-bond acceptors (Lipinski definition) is 2. The van der Waals surface area contributed by atoms with Crippen molar-refractivity contribution in [1.29, 1.82) is 0 Å². The van der Waals surface area contributed by atoms with Gasteiger partial charge in [0, 0.05) is 5.56 Å². The van der Waals surface area contributed by atoms with E-state index in [2.05, 4.69) is 20.9 Å². The Balaban J connectivity index is 3.37. The number of rotatable bonds is 2. The van der Waals surface area contributed by atoms with Crippen LogP contribution in [0.3, 0.4) is 0 Å². The number of aromatic nitrogens is 1. The minimum absolute atomic E-state index is 0.457. The first-order valence-electron chi connectivity index (χ1n) is 3.93. The van der Waals surface area contributed by atoms with Crippen molar-refractivity contribution < 1.29 is 27.1 Å². The molecule has 8 heteroatoms. The van der Waals surface area contributed by atoms with E-state index in [-0.39, 0.29) is 0 Å². The van der Waals surface area contributed by atoms with E-state index >= 15 is 0 Å². The molecule has 0 fully saturated rings. The van der Waals surface area contributed by atoms with Gasteiger partial charge in [-0.2, -0.15) is 13.2 Å². The number of aliphatic hydroxyl groups excluding tert-OH is 1. The zero-order valence-corrected chi connectivity index (χ0v) is 9.11. The summed E-state index contributed by atoms with van der Waals surface area (Å²) in [5.41, 5.74) is -2.59. The third kappa shape index (κ3) is 2.67. The van der Waals surface area contributed by atoms with Crippen molar-refractivity contribution in [3.63, 3.8) is 0 Å². The van der Waals surface area contributed by atoms with Crippen LogP contribution in [0.4, 0.5) is 22.0 Å². The fourth-order valence-electron chi connectivity index (χ4n) is 1.06. The number of nitrogens with zero attached hydrogens (tertiary/aromatic N) is 1. The lowest BCUT2D eigenvalue weighted by molar-refractivity contribution is -0.138. The fraction of sp³-hybridized carbons (Fsp3) is 0.375. The Bertz CT molecular complexity index is 393. The largest absolute Gasteiger partial charge is 0.419 e. The van der Waals surface area contributed by atoms with Crippen LogP contribution in [-0.2, 0) is 12.8 Å². The molecule has 0 aliphatic rings. The van der Waals surface area contributed by atoms with Gasteiger partial charge in [0.25, 0.3) is 6.43 Å². The van der Waals surface area contributed by atoms with Crippen molar-refractivity contribution in [3.8, 4) is 0 Å². The maximum absolute atomic E-state index is 12.4. The Kier molecular flexibility index (Phi) is 3.84. The maximum atomic E-state index is 12.4. The SMILES string of the molecule is OCc1cc(C(F)(F)F)c(Br)nc1C(F)F. The van der Waals surface area contributed by atoms with Crippen LogP contribution in [0.25, 0.3) is 0 Å². The molecule has 0 atom stereocenters. The summed E-state index contributed by atoms with van der Waals surface area (Å²) in [5.74, 6) is 0. The minimum Gasteiger partial charge on any atom is -0.392 e. The van der Waals surface area contributed by atoms with E-state index in [1.165, 1.54) is 0 Å². The van der Waals surface area contributed by atoms with Crippen molar-refractivity contribution in [2.45, 2.75) is 19.2 Å². The molecular weight excluding hydrogens is 301 g/mol. The highest BCUT2D eigenvalue weighted by molar-refractivity contribution is 9.10. The molecule has 0 aliphatic heterocycles. The Morgan fingerprint density at radius 1 is 1.38 bits per heavy atom. The van der Waals surface area contributed by atoms with Gasteiger partial charge in [0.1, 0.15) is 10.3 Å². The van der Waals surface area contributed by atoms with Crippen molar-refractivity contribution >= 4 is 15.9 Å². The van der Waals surface area contributed by atoms with Gasteiger partial charge in [-0.3, -0.25) is 0 Å². The average molecular weight is 306 g/mol. The molecule has 0 spiro atoms. The lowest BCUT2D eigenvalue weighted by Crippen LogP contribution is -2.11. The number of aliphatic hydroxyl groups is 1. The zero-order valence-electron chi connectivity index (χ0n) is 7.52. The minimum atomic E-state index is -4.71. The van der Waals surface area contributed by atoms with Crippen molar-refractivity contribution in [2.24, 2.45) is 0 Å². The van der Waals surface area contributed by atoms with E-state index in [9.17, 15) is 22.0 Å². The highest BCUT2D eigenvalue weighted by Crippen LogP contribution is 2.36. The molecule has 90 valence electrons. The normalized spacial score (nSPS) is 12.2. The van der Waals surface area contributed by atoms with Gasteiger partial charge in [-0.05, 0) is 22.0 Å². The van der Waals surface area contributed by atoms with Gasteiger partial charge in [0.05, 0.1) is 12.2 Å². The molecule has 1 aromatic rings. The number of pyridine rings is 1. The highest BCUT2D eigenvalue weighted by atomic mass is 79.9. The monoisotopic (exact) mass is 305 g/mol. The first-order chi connectivity index (χ1) is 7.27. The molecule has 1 aromatic heterocycles. The molecule has 0 saturated heterocycles. The summed E-state index contributed by atoms with van der Waals surface area (Å²) < 4.78 is 61.1. The van der Waals surface area contributed by atoms with Gasteiger partial charge in [-0.1, -0.05) is 0 Å². The van der Waals surface area contributed by atoms with E-state index in [4.69, 9.17) is 5.11 Å². The Hall–Kier alpha value is -0.760. The zero-order chi connectivity index (χ0) is 12.5. The third-order valence-corrected chi connectivity index (χ3v) is 2.38. The van der Waals surface area contributed by atoms with Gasteiger partial charge in [0.2, 0.25) is 0 Å². The molecule has 0 bridgehead atoms. The lowest BCUT2D eigenvalue weighted by atomic mass is 10.1. The second-order valence-corrected chi connectivity index (χ2v) is 3.58. The predicted octanol–water partition coefficient (Wildman–Crippen LogP) is 3.29. The topological polar surface area (TPSA) is 33.1 Å². The summed E-state index contributed by atoms with van der Waals surface area (Å²) in [5, 5.41) is 8.69. The summed E-state index contributed by atoms with van der Waals surface area (Å²) >= 11 is 2.47. The maximum Gasteiger partial charge on any atom is 0.419 e. The molecule has 0 aromatic carbocycles.